The normalized spacial score (nSPS) is 30.9. The van der Waals surface area contributed by atoms with E-state index in [1.54, 1.807) is 0 Å². The standard InChI is InChI=1S/C20H35NO4/c1-14(21-18(22)19(2,3)4)15-8-6-11-20(5,23)16(15)9-10-17-24-12-7-13-25-17/h16-17,23H,6-13H2,1-5H3,(H,21,22)/b15-14-/t16-,20+/m1/s1. The van der Waals surface area contributed by atoms with Gasteiger partial charge in [0.15, 0.2) is 6.29 Å². The Balaban J connectivity index is 2.11. The van der Waals surface area contributed by atoms with E-state index in [1.807, 2.05) is 34.6 Å². The SMILES string of the molecule is C/C(NC(=O)C(C)(C)C)=C1\CCC[C@](C)(O)[C@@H]1CCC1OCCCO1. The fourth-order valence-electron chi connectivity index (χ4n) is 3.74. The molecule has 0 unspecified atom stereocenters. The van der Waals surface area contributed by atoms with E-state index in [-0.39, 0.29) is 18.1 Å². The Bertz CT molecular complexity index is 498. The van der Waals surface area contributed by atoms with Gasteiger partial charge in [0.2, 0.25) is 5.91 Å². The molecule has 1 aliphatic carbocycles. The first-order valence-electron chi connectivity index (χ1n) is 9.58. The van der Waals surface area contributed by atoms with E-state index in [2.05, 4.69) is 5.32 Å². The first-order valence-corrected chi connectivity index (χ1v) is 9.58. The van der Waals surface area contributed by atoms with E-state index in [4.69, 9.17) is 9.47 Å². The summed E-state index contributed by atoms with van der Waals surface area (Å²) in [5, 5.41) is 14.0. The minimum atomic E-state index is -0.754. The van der Waals surface area contributed by atoms with Crippen molar-refractivity contribution in [1.82, 2.24) is 5.32 Å². The topological polar surface area (TPSA) is 67.8 Å². The highest BCUT2D eigenvalue weighted by molar-refractivity contribution is 5.82. The quantitative estimate of drug-likeness (QED) is 0.811. The fraction of sp³-hybridized carbons (Fsp3) is 0.850. The van der Waals surface area contributed by atoms with Crippen LogP contribution in [0.2, 0.25) is 0 Å². The van der Waals surface area contributed by atoms with E-state index in [0.717, 1.165) is 57.4 Å². The van der Waals surface area contributed by atoms with Crippen LogP contribution in [0.5, 0.6) is 0 Å². The van der Waals surface area contributed by atoms with Gasteiger partial charge in [-0.3, -0.25) is 4.79 Å². The van der Waals surface area contributed by atoms with Gasteiger partial charge >= 0.3 is 0 Å². The third-order valence-corrected chi connectivity index (χ3v) is 5.35. The molecule has 5 nitrogen and oxygen atoms in total. The summed E-state index contributed by atoms with van der Waals surface area (Å²) in [7, 11) is 0. The maximum atomic E-state index is 12.3. The zero-order valence-corrected chi connectivity index (χ0v) is 16.5. The molecule has 0 spiro atoms. The van der Waals surface area contributed by atoms with Gasteiger partial charge in [-0.05, 0) is 57.9 Å². The third kappa shape index (κ3) is 5.53. The van der Waals surface area contributed by atoms with E-state index in [0.29, 0.717) is 0 Å². The smallest absolute Gasteiger partial charge is 0.229 e. The van der Waals surface area contributed by atoms with Crippen molar-refractivity contribution in [3.05, 3.63) is 11.3 Å². The van der Waals surface area contributed by atoms with Crippen LogP contribution in [0, 0.1) is 11.3 Å². The molecule has 1 aliphatic heterocycles. The van der Waals surface area contributed by atoms with E-state index >= 15 is 0 Å². The average molecular weight is 354 g/mol. The number of carbonyl (C=O) groups excluding carboxylic acids is 1. The Kier molecular flexibility index (Phi) is 6.68. The van der Waals surface area contributed by atoms with E-state index < -0.39 is 11.0 Å². The molecule has 144 valence electrons. The first kappa shape index (κ1) is 20.4. The number of allylic oxidation sites excluding steroid dienone is 1. The largest absolute Gasteiger partial charge is 0.390 e. The third-order valence-electron chi connectivity index (χ3n) is 5.35. The van der Waals surface area contributed by atoms with Gasteiger partial charge in [-0.2, -0.15) is 0 Å². The van der Waals surface area contributed by atoms with Crippen LogP contribution in [0.1, 0.15) is 73.1 Å². The van der Waals surface area contributed by atoms with Gasteiger partial charge in [0, 0.05) is 17.0 Å². The van der Waals surface area contributed by atoms with Crippen molar-refractivity contribution < 1.29 is 19.4 Å². The molecule has 0 aromatic heterocycles. The lowest BCUT2D eigenvalue weighted by Crippen LogP contribution is -2.42. The van der Waals surface area contributed by atoms with Gasteiger partial charge in [-0.15, -0.1) is 0 Å². The molecule has 5 heteroatoms. The molecule has 2 rings (SSSR count). The second kappa shape index (κ2) is 8.19. The van der Waals surface area contributed by atoms with Gasteiger partial charge in [-0.1, -0.05) is 20.8 Å². The minimum absolute atomic E-state index is 0.0143. The molecule has 2 aliphatic rings. The molecular formula is C20H35NO4. The van der Waals surface area contributed by atoms with Crippen molar-refractivity contribution in [2.75, 3.05) is 13.2 Å². The molecule has 1 amide bonds. The number of carbonyl (C=O) groups is 1. The lowest BCUT2D eigenvalue weighted by atomic mass is 9.70. The monoisotopic (exact) mass is 353 g/mol. The first-order chi connectivity index (χ1) is 11.6. The van der Waals surface area contributed by atoms with Crippen LogP contribution >= 0.6 is 0 Å². The molecule has 1 heterocycles. The second-order valence-electron chi connectivity index (χ2n) is 8.72. The number of ether oxygens (including phenoxy) is 2. The minimum Gasteiger partial charge on any atom is -0.390 e. The van der Waals surface area contributed by atoms with E-state index in [1.165, 1.54) is 5.57 Å². The summed E-state index contributed by atoms with van der Waals surface area (Å²) in [4.78, 5) is 12.3. The summed E-state index contributed by atoms with van der Waals surface area (Å²) in [5.41, 5.74) is 0.883. The number of amides is 1. The van der Waals surface area contributed by atoms with Crippen LogP contribution in [-0.2, 0) is 14.3 Å². The Morgan fingerprint density at radius 2 is 1.88 bits per heavy atom. The summed E-state index contributed by atoms with van der Waals surface area (Å²) >= 11 is 0. The van der Waals surface area contributed by atoms with Gasteiger partial charge in [0.05, 0.1) is 18.8 Å². The van der Waals surface area contributed by atoms with Crippen LogP contribution in [-0.4, -0.2) is 36.1 Å². The van der Waals surface area contributed by atoms with Gasteiger partial charge in [0.1, 0.15) is 0 Å². The Labute approximate surface area is 152 Å². The molecular weight excluding hydrogens is 318 g/mol. The van der Waals surface area contributed by atoms with Crippen molar-refractivity contribution in [2.24, 2.45) is 11.3 Å². The Morgan fingerprint density at radius 3 is 2.48 bits per heavy atom. The molecule has 0 aromatic carbocycles. The lowest BCUT2D eigenvalue weighted by molar-refractivity contribution is -0.184. The van der Waals surface area contributed by atoms with Crippen LogP contribution < -0.4 is 5.32 Å². The molecule has 1 saturated heterocycles. The van der Waals surface area contributed by atoms with Crippen molar-refractivity contribution in [3.63, 3.8) is 0 Å². The van der Waals surface area contributed by atoms with Gasteiger partial charge < -0.3 is 19.9 Å². The van der Waals surface area contributed by atoms with Crippen LogP contribution in [0.25, 0.3) is 0 Å². The molecule has 1 saturated carbocycles. The van der Waals surface area contributed by atoms with Crippen LogP contribution in [0.15, 0.2) is 11.3 Å². The number of hydrogen-bond donors (Lipinski definition) is 2. The molecule has 0 aromatic rings. The van der Waals surface area contributed by atoms with Crippen molar-refractivity contribution in [2.45, 2.75) is 85.0 Å². The summed E-state index contributed by atoms with van der Waals surface area (Å²) in [5.74, 6) is 0.0380. The maximum Gasteiger partial charge on any atom is 0.229 e. The number of aliphatic hydroxyl groups is 1. The molecule has 0 radical (unpaired) electrons. The number of rotatable bonds is 4. The van der Waals surface area contributed by atoms with Crippen LogP contribution in [0.4, 0.5) is 0 Å². The predicted octanol–water partition coefficient (Wildman–Crippen LogP) is 3.52. The Hall–Kier alpha value is -0.910. The van der Waals surface area contributed by atoms with Gasteiger partial charge in [-0.25, -0.2) is 0 Å². The maximum absolute atomic E-state index is 12.3. The molecule has 2 N–H and O–H groups in total. The molecule has 2 fully saturated rings. The molecule has 2 atom stereocenters. The molecule has 0 bridgehead atoms. The Morgan fingerprint density at radius 1 is 1.24 bits per heavy atom. The van der Waals surface area contributed by atoms with Crippen molar-refractivity contribution in [1.29, 1.82) is 0 Å². The summed E-state index contributed by atoms with van der Waals surface area (Å²) in [6.45, 7) is 11.1. The number of hydrogen-bond acceptors (Lipinski definition) is 4. The fourth-order valence-corrected chi connectivity index (χ4v) is 3.74. The molecule has 25 heavy (non-hydrogen) atoms. The number of nitrogens with one attached hydrogen (secondary N) is 1. The summed E-state index contributed by atoms with van der Waals surface area (Å²) in [6, 6.07) is 0. The predicted molar refractivity (Wildman–Crippen MR) is 97.8 cm³/mol. The summed E-state index contributed by atoms with van der Waals surface area (Å²) < 4.78 is 11.3. The highest BCUT2D eigenvalue weighted by Gasteiger charge is 2.39. The lowest BCUT2D eigenvalue weighted by Gasteiger charge is -2.41. The van der Waals surface area contributed by atoms with Crippen molar-refractivity contribution >= 4 is 5.91 Å². The van der Waals surface area contributed by atoms with E-state index in [9.17, 15) is 9.90 Å². The highest BCUT2D eigenvalue weighted by Crippen LogP contribution is 2.41. The zero-order valence-electron chi connectivity index (χ0n) is 16.5. The zero-order chi connectivity index (χ0) is 18.7. The van der Waals surface area contributed by atoms with Crippen LogP contribution in [0.3, 0.4) is 0 Å². The highest BCUT2D eigenvalue weighted by atomic mass is 16.7. The van der Waals surface area contributed by atoms with Gasteiger partial charge in [0.25, 0.3) is 0 Å². The summed E-state index contributed by atoms with van der Waals surface area (Å²) in [6.07, 6.45) is 4.99. The average Bonchev–Trinajstić information content (AvgIpc) is 2.52. The van der Waals surface area contributed by atoms with Crippen molar-refractivity contribution in [3.8, 4) is 0 Å². The second-order valence-corrected chi connectivity index (χ2v) is 8.72.